The standard InChI is InChI=1S/C9H12BrN3O3/c1-3-13(4-6(14)16-2)8-7(10)9(15)12-5-11-8/h5H,3-4H2,1-2H3,(H,11,12,15). The average molecular weight is 290 g/mol. The van der Waals surface area contributed by atoms with Crippen LogP contribution in [0.15, 0.2) is 15.6 Å². The number of esters is 1. The van der Waals surface area contributed by atoms with E-state index in [1.807, 2.05) is 6.92 Å². The van der Waals surface area contributed by atoms with Gasteiger partial charge in [0.15, 0.2) is 5.82 Å². The van der Waals surface area contributed by atoms with Gasteiger partial charge in [0.25, 0.3) is 5.56 Å². The molecule has 0 aliphatic rings. The number of ether oxygens (including phenoxy) is 1. The van der Waals surface area contributed by atoms with Gasteiger partial charge >= 0.3 is 5.97 Å². The summed E-state index contributed by atoms with van der Waals surface area (Å²) in [5.74, 6) is 0.0486. The fraction of sp³-hybridized carbons (Fsp3) is 0.444. The van der Waals surface area contributed by atoms with Gasteiger partial charge in [0.2, 0.25) is 0 Å². The topological polar surface area (TPSA) is 75.3 Å². The molecule has 0 unspecified atom stereocenters. The summed E-state index contributed by atoms with van der Waals surface area (Å²) in [6, 6.07) is 0. The third-order valence-electron chi connectivity index (χ3n) is 2.01. The van der Waals surface area contributed by atoms with Crippen LogP contribution in [0.2, 0.25) is 0 Å². The molecule has 88 valence electrons. The number of nitrogens with zero attached hydrogens (tertiary/aromatic N) is 2. The first kappa shape index (κ1) is 12.7. The van der Waals surface area contributed by atoms with Gasteiger partial charge in [-0.05, 0) is 22.9 Å². The predicted molar refractivity (Wildman–Crippen MR) is 62.5 cm³/mol. The molecule has 0 radical (unpaired) electrons. The molecule has 1 N–H and O–H groups in total. The lowest BCUT2D eigenvalue weighted by Crippen LogP contribution is -2.32. The minimum absolute atomic E-state index is 0.0576. The molecule has 0 fully saturated rings. The Morgan fingerprint density at radius 3 is 2.94 bits per heavy atom. The predicted octanol–water partition coefficient (Wildman–Crippen LogP) is 0.532. The highest BCUT2D eigenvalue weighted by Gasteiger charge is 2.15. The summed E-state index contributed by atoms with van der Waals surface area (Å²) in [6.45, 7) is 2.46. The molecule has 0 atom stereocenters. The Hall–Kier alpha value is -1.37. The monoisotopic (exact) mass is 289 g/mol. The number of halogens is 1. The van der Waals surface area contributed by atoms with E-state index in [2.05, 4.69) is 30.6 Å². The maximum atomic E-state index is 11.3. The Kier molecular flexibility index (Phi) is 4.48. The van der Waals surface area contributed by atoms with Gasteiger partial charge in [-0.3, -0.25) is 9.59 Å². The van der Waals surface area contributed by atoms with Gasteiger partial charge < -0.3 is 14.6 Å². The summed E-state index contributed by atoms with van der Waals surface area (Å²) in [6.07, 6.45) is 1.29. The maximum Gasteiger partial charge on any atom is 0.325 e. The molecule has 1 aromatic rings. The van der Waals surface area contributed by atoms with E-state index in [0.29, 0.717) is 16.8 Å². The molecule has 7 heteroatoms. The van der Waals surface area contributed by atoms with Crippen molar-refractivity contribution >= 4 is 27.7 Å². The van der Waals surface area contributed by atoms with Crippen molar-refractivity contribution < 1.29 is 9.53 Å². The number of nitrogens with one attached hydrogen (secondary N) is 1. The van der Waals surface area contributed by atoms with Gasteiger partial charge in [-0.2, -0.15) is 0 Å². The Morgan fingerprint density at radius 1 is 1.69 bits per heavy atom. The van der Waals surface area contributed by atoms with Crippen molar-refractivity contribution in [1.29, 1.82) is 0 Å². The lowest BCUT2D eigenvalue weighted by molar-refractivity contribution is -0.138. The van der Waals surface area contributed by atoms with Crippen LogP contribution in [0.4, 0.5) is 5.82 Å². The number of carbonyl (C=O) groups excluding carboxylic acids is 1. The molecular formula is C9H12BrN3O3. The van der Waals surface area contributed by atoms with Crippen molar-refractivity contribution in [2.75, 3.05) is 25.1 Å². The van der Waals surface area contributed by atoms with Crippen LogP contribution in [0, 0.1) is 0 Å². The van der Waals surface area contributed by atoms with Crippen LogP contribution >= 0.6 is 15.9 Å². The third-order valence-corrected chi connectivity index (χ3v) is 2.72. The van der Waals surface area contributed by atoms with Crippen LogP contribution in [0.3, 0.4) is 0 Å². The second kappa shape index (κ2) is 5.64. The molecule has 1 heterocycles. The SMILES string of the molecule is CCN(CC(=O)OC)c1nc[nH]c(=O)c1Br. The number of aromatic nitrogens is 2. The Morgan fingerprint density at radius 2 is 2.38 bits per heavy atom. The van der Waals surface area contributed by atoms with Crippen LogP contribution in [0.1, 0.15) is 6.92 Å². The molecule has 16 heavy (non-hydrogen) atoms. The molecule has 0 aliphatic heterocycles. The summed E-state index contributed by atoms with van der Waals surface area (Å²) >= 11 is 3.13. The summed E-state index contributed by atoms with van der Waals surface area (Å²) in [5, 5.41) is 0. The molecule has 0 bridgehead atoms. The average Bonchev–Trinajstić information content (AvgIpc) is 2.29. The lowest BCUT2D eigenvalue weighted by Gasteiger charge is -2.20. The van der Waals surface area contributed by atoms with Gasteiger partial charge in [-0.15, -0.1) is 0 Å². The number of H-pyrrole nitrogens is 1. The van der Waals surface area contributed by atoms with Gasteiger partial charge in [0.1, 0.15) is 11.0 Å². The van der Waals surface area contributed by atoms with Crippen LogP contribution < -0.4 is 10.5 Å². The number of methoxy groups -OCH3 is 1. The highest BCUT2D eigenvalue weighted by atomic mass is 79.9. The lowest BCUT2D eigenvalue weighted by atomic mass is 10.4. The van der Waals surface area contributed by atoms with E-state index in [9.17, 15) is 9.59 Å². The van der Waals surface area contributed by atoms with E-state index in [-0.39, 0.29) is 18.1 Å². The second-order valence-corrected chi connectivity index (χ2v) is 3.75. The molecule has 0 amide bonds. The first-order chi connectivity index (χ1) is 7.60. The highest BCUT2D eigenvalue weighted by Crippen LogP contribution is 2.18. The first-order valence-corrected chi connectivity index (χ1v) is 5.44. The van der Waals surface area contributed by atoms with E-state index in [1.54, 1.807) is 4.90 Å². The summed E-state index contributed by atoms with van der Waals surface area (Å²) in [7, 11) is 1.32. The van der Waals surface area contributed by atoms with Crippen LogP contribution in [-0.2, 0) is 9.53 Å². The van der Waals surface area contributed by atoms with E-state index < -0.39 is 0 Å². The molecule has 1 rings (SSSR count). The summed E-state index contributed by atoms with van der Waals surface area (Å²) < 4.78 is 4.87. The summed E-state index contributed by atoms with van der Waals surface area (Å²) in [4.78, 5) is 30.6. The van der Waals surface area contributed by atoms with E-state index in [4.69, 9.17) is 0 Å². The second-order valence-electron chi connectivity index (χ2n) is 2.96. The normalized spacial score (nSPS) is 9.94. The maximum absolute atomic E-state index is 11.3. The van der Waals surface area contributed by atoms with Crippen LogP contribution in [-0.4, -0.2) is 36.1 Å². The number of hydrogen-bond donors (Lipinski definition) is 1. The smallest absolute Gasteiger partial charge is 0.325 e. The van der Waals surface area contributed by atoms with Crippen molar-refractivity contribution in [2.24, 2.45) is 0 Å². The number of hydrogen-bond acceptors (Lipinski definition) is 5. The summed E-state index contributed by atoms with van der Waals surface area (Å²) in [5.41, 5.74) is -0.284. The molecule has 0 aromatic carbocycles. The van der Waals surface area contributed by atoms with Gasteiger partial charge in [0, 0.05) is 6.54 Å². The minimum Gasteiger partial charge on any atom is -0.468 e. The Bertz CT molecular complexity index is 432. The van der Waals surface area contributed by atoms with E-state index >= 15 is 0 Å². The van der Waals surface area contributed by atoms with Crippen molar-refractivity contribution in [3.8, 4) is 0 Å². The van der Waals surface area contributed by atoms with E-state index in [1.165, 1.54) is 13.4 Å². The zero-order chi connectivity index (χ0) is 12.1. The number of carbonyl (C=O) groups is 1. The molecule has 1 aromatic heterocycles. The van der Waals surface area contributed by atoms with Crippen molar-refractivity contribution in [1.82, 2.24) is 9.97 Å². The molecule has 0 saturated heterocycles. The van der Waals surface area contributed by atoms with Crippen molar-refractivity contribution in [3.63, 3.8) is 0 Å². The molecule has 0 spiro atoms. The van der Waals surface area contributed by atoms with Gasteiger partial charge in [-0.25, -0.2) is 4.98 Å². The molecule has 6 nitrogen and oxygen atoms in total. The molecule has 0 aliphatic carbocycles. The molecule has 0 saturated carbocycles. The Balaban J connectivity index is 2.99. The third kappa shape index (κ3) is 2.82. The fourth-order valence-corrected chi connectivity index (χ4v) is 1.62. The van der Waals surface area contributed by atoms with Gasteiger partial charge in [0.05, 0.1) is 13.4 Å². The van der Waals surface area contributed by atoms with Crippen molar-refractivity contribution in [2.45, 2.75) is 6.92 Å². The highest BCUT2D eigenvalue weighted by molar-refractivity contribution is 9.10. The first-order valence-electron chi connectivity index (χ1n) is 4.65. The van der Waals surface area contributed by atoms with Crippen molar-refractivity contribution in [3.05, 3.63) is 21.2 Å². The number of likely N-dealkylation sites (N-methyl/N-ethyl adjacent to an activating group) is 1. The van der Waals surface area contributed by atoms with Crippen LogP contribution in [0.25, 0.3) is 0 Å². The van der Waals surface area contributed by atoms with Gasteiger partial charge in [-0.1, -0.05) is 0 Å². The Labute approximate surface area is 101 Å². The van der Waals surface area contributed by atoms with E-state index in [0.717, 1.165) is 0 Å². The largest absolute Gasteiger partial charge is 0.468 e. The number of anilines is 1. The molecular weight excluding hydrogens is 278 g/mol. The number of aromatic amines is 1. The fourth-order valence-electron chi connectivity index (χ4n) is 1.15. The van der Waals surface area contributed by atoms with Crippen LogP contribution in [0.5, 0.6) is 0 Å². The number of rotatable bonds is 4. The minimum atomic E-state index is -0.379. The zero-order valence-electron chi connectivity index (χ0n) is 8.99. The zero-order valence-corrected chi connectivity index (χ0v) is 10.6. The quantitative estimate of drug-likeness (QED) is 0.819.